The van der Waals surface area contributed by atoms with Gasteiger partial charge in [-0.1, -0.05) is 18.2 Å². The van der Waals surface area contributed by atoms with Crippen LogP contribution >= 0.6 is 0 Å². The summed E-state index contributed by atoms with van der Waals surface area (Å²) in [5.74, 6) is -0.425. The summed E-state index contributed by atoms with van der Waals surface area (Å²) >= 11 is 0. The highest BCUT2D eigenvalue weighted by molar-refractivity contribution is 6.32. The number of fused-ring (bicyclic) bond motifs is 3. The fraction of sp³-hybridized carbons (Fsp3) is 0.200. The highest BCUT2D eigenvalue weighted by Gasteiger charge is 2.49. The van der Waals surface area contributed by atoms with Crippen molar-refractivity contribution in [3.63, 3.8) is 0 Å². The van der Waals surface area contributed by atoms with Crippen LogP contribution < -0.4 is 4.90 Å². The number of aromatic amines is 2. The van der Waals surface area contributed by atoms with E-state index in [4.69, 9.17) is 0 Å². The van der Waals surface area contributed by atoms with E-state index in [0.29, 0.717) is 40.5 Å². The molecule has 0 bridgehead atoms. The average Bonchev–Trinajstić information content (AvgIpc) is 3.36. The van der Waals surface area contributed by atoms with Crippen molar-refractivity contribution in [2.45, 2.75) is 18.9 Å². The minimum absolute atomic E-state index is 0.206. The van der Waals surface area contributed by atoms with Crippen LogP contribution in [0.2, 0.25) is 0 Å². The number of anilines is 2. The van der Waals surface area contributed by atoms with Crippen LogP contribution in [0.3, 0.4) is 0 Å². The number of hydrogen-bond acceptors (Lipinski definition) is 5. The van der Waals surface area contributed by atoms with Crippen LogP contribution in [0.15, 0.2) is 35.5 Å². The minimum Gasteiger partial charge on any atom is -0.375 e. The predicted molar refractivity (Wildman–Crippen MR) is 100 cm³/mol. The second-order valence-electron chi connectivity index (χ2n) is 7.40. The molecule has 1 amide bonds. The van der Waals surface area contributed by atoms with Crippen LogP contribution in [0.25, 0.3) is 0 Å². The molecule has 1 unspecified atom stereocenters. The third-order valence-electron chi connectivity index (χ3n) is 5.79. The first-order valence-corrected chi connectivity index (χ1v) is 9.05. The van der Waals surface area contributed by atoms with Gasteiger partial charge >= 0.3 is 0 Å². The van der Waals surface area contributed by atoms with Crippen LogP contribution in [0, 0.1) is 0 Å². The molecule has 3 aliphatic rings. The number of nitrogens with zero attached hydrogens (tertiary/aromatic N) is 3. The van der Waals surface area contributed by atoms with Crippen LogP contribution in [-0.2, 0) is 16.8 Å². The molecular weight excluding hydrogens is 358 g/mol. The predicted octanol–water partition coefficient (Wildman–Crippen LogP) is 1.56. The molecule has 1 atom stereocenters. The van der Waals surface area contributed by atoms with Gasteiger partial charge in [0.25, 0.3) is 5.91 Å². The number of rotatable bonds is 1. The van der Waals surface area contributed by atoms with Crippen molar-refractivity contribution in [2.75, 3.05) is 11.4 Å². The number of carbonyl (C=O) groups excluding carboxylic acids is 2. The number of para-hydroxylation sites is 1. The zero-order valence-electron chi connectivity index (χ0n) is 14.9. The molecule has 3 aromatic rings. The normalized spacial score (nSPS) is 22.1. The van der Waals surface area contributed by atoms with Crippen LogP contribution in [-0.4, -0.2) is 44.2 Å². The largest absolute Gasteiger partial charge is 0.375 e. The molecule has 0 spiro atoms. The molecule has 0 saturated carbocycles. The van der Waals surface area contributed by atoms with Gasteiger partial charge in [-0.3, -0.25) is 24.6 Å². The average molecular weight is 373 g/mol. The lowest BCUT2D eigenvalue weighted by Crippen LogP contribution is -2.36. The Morgan fingerprint density at radius 2 is 2.00 bits per heavy atom. The first-order valence-electron chi connectivity index (χ1n) is 9.05. The third kappa shape index (κ3) is 1.64. The van der Waals surface area contributed by atoms with E-state index in [-0.39, 0.29) is 11.6 Å². The van der Waals surface area contributed by atoms with E-state index < -0.39 is 11.5 Å². The molecule has 8 nitrogen and oxygen atoms in total. The zero-order valence-corrected chi connectivity index (χ0v) is 14.9. The molecule has 1 aromatic carbocycles. The highest BCUT2D eigenvalue weighted by Crippen LogP contribution is 2.46. The van der Waals surface area contributed by atoms with Crippen molar-refractivity contribution < 1.29 is 14.7 Å². The van der Waals surface area contributed by atoms with Crippen LogP contribution in [0.5, 0.6) is 0 Å². The van der Waals surface area contributed by atoms with Gasteiger partial charge in [0, 0.05) is 23.9 Å². The van der Waals surface area contributed by atoms with Gasteiger partial charge < -0.3 is 10.1 Å². The number of carbonyl (C=O) groups is 2. The summed E-state index contributed by atoms with van der Waals surface area (Å²) in [6.45, 7) is 2.07. The van der Waals surface area contributed by atoms with E-state index in [0.717, 1.165) is 17.5 Å². The number of aliphatic hydroxyl groups is 1. The molecular formula is C20H15N5O3. The van der Waals surface area contributed by atoms with Gasteiger partial charge in [0.15, 0.2) is 11.4 Å². The molecule has 0 radical (unpaired) electrons. The highest BCUT2D eigenvalue weighted by atomic mass is 16.3. The van der Waals surface area contributed by atoms with E-state index in [9.17, 15) is 14.7 Å². The Morgan fingerprint density at radius 3 is 2.86 bits per heavy atom. The SMILES string of the molecule is CC1(O)C(=O)N(c2n[nH]c3c2C2=NCCc4c[nH]c(c42)C3=O)c2ccccc21. The van der Waals surface area contributed by atoms with Crippen molar-refractivity contribution in [2.24, 2.45) is 4.99 Å². The Balaban J connectivity index is 1.62. The first-order chi connectivity index (χ1) is 13.5. The number of nitrogens with one attached hydrogen (secondary N) is 2. The lowest BCUT2D eigenvalue weighted by molar-refractivity contribution is -0.133. The molecule has 4 heterocycles. The molecule has 6 rings (SSSR count). The lowest BCUT2D eigenvalue weighted by Gasteiger charge is -2.23. The van der Waals surface area contributed by atoms with Crippen molar-refractivity contribution in [1.29, 1.82) is 0 Å². The maximum absolute atomic E-state index is 13.1. The smallest absolute Gasteiger partial charge is 0.269 e. The molecule has 28 heavy (non-hydrogen) atoms. The van der Waals surface area contributed by atoms with Crippen LogP contribution in [0.4, 0.5) is 11.5 Å². The second-order valence-corrected chi connectivity index (χ2v) is 7.40. The van der Waals surface area contributed by atoms with Gasteiger partial charge in [-0.2, -0.15) is 5.10 Å². The number of aliphatic imine (C=N–C) groups is 1. The Kier molecular flexibility index (Phi) is 2.69. The summed E-state index contributed by atoms with van der Waals surface area (Å²) in [5, 5.41) is 17.9. The van der Waals surface area contributed by atoms with Gasteiger partial charge in [-0.15, -0.1) is 0 Å². The van der Waals surface area contributed by atoms with Crippen molar-refractivity contribution in [1.82, 2.24) is 15.2 Å². The van der Waals surface area contributed by atoms with Gasteiger partial charge in [-0.05, 0) is 25.0 Å². The summed E-state index contributed by atoms with van der Waals surface area (Å²) in [6.07, 6.45) is 2.60. The third-order valence-corrected chi connectivity index (χ3v) is 5.79. The maximum atomic E-state index is 13.1. The number of amides is 1. The van der Waals surface area contributed by atoms with E-state index in [2.05, 4.69) is 20.2 Å². The van der Waals surface area contributed by atoms with Gasteiger partial charge in [0.05, 0.1) is 22.7 Å². The molecule has 138 valence electrons. The molecule has 1 aliphatic carbocycles. The van der Waals surface area contributed by atoms with E-state index in [1.54, 1.807) is 24.3 Å². The molecule has 2 aromatic heterocycles. The number of benzene rings is 1. The molecule has 2 aliphatic heterocycles. The fourth-order valence-corrected chi connectivity index (χ4v) is 4.42. The number of aromatic nitrogens is 3. The Morgan fingerprint density at radius 1 is 1.18 bits per heavy atom. The topological polar surface area (TPSA) is 114 Å². The monoisotopic (exact) mass is 373 g/mol. The first kappa shape index (κ1) is 15.5. The minimum atomic E-state index is -1.67. The zero-order chi connectivity index (χ0) is 19.2. The standard InChI is InChI=1S/C20H15N5O3/c1-20(28)10-4-2-3-5-11(10)25(19(20)27)18-13-14-12-9(6-7-21-14)8-22-15(12)17(26)16(13)23-24-18/h2-5,8,22,28H,6-7H2,1H3,(H,23,24). The summed E-state index contributed by atoms with van der Waals surface area (Å²) in [4.78, 5) is 35.2. The van der Waals surface area contributed by atoms with Crippen LogP contribution in [0.1, 0.15) is 45.4 Å². The van der Waals surface area contributed by atoms with Gasteiger partial charge in [0.1, 0.15) is 5.69 Å². The van der Waals surface area contributed by atoms with Crippen molar-refractivity contribution in [3.8, 4) is 0 Å². The van der Waals surface area contributed by atoms with E-state index in [1.807, 2.05) is 6.20 Å². The van der Waals surface area contributed by atoms with Crippen molar-refractivity contribution >= 4 is 28.9 Å². The quantitative estimate of drug-likeness (QED) is 0.470. The van der Waals surface area contributed by atoms with Gasteiger partial charge in [0.2, 0.25) is 5.78 Å². The van der Waals surface area contributed by atoms with E-state index >= 15 is 0 Å². The maximum Gasteiger partial charge on any atom is 0.269 e. The Bertz CT molecular complexity index is 1250. The second kappa shape index (κ2) is 4.85. The number of hydrogen-bond donors (Lipinski definition) is 3. The summed E-state index contributed by atoms with van der Waals surface area (Å²) < 4.78 is 0. The molecule has 0 fully saturated rings. The lowest BCUT2D eigenvalue weighted by atomic mass is 9.87. The summed E-state index contributed by atoms with van der Waals surface area (Å²) in [5.41, 5.74) is 3.18. The Labute approximate surface area is 158 Å². The number of ketones is 1. The fourth-order valence-electron chi connectivity index (χ4n) is 4.42. The number of H-pyrrole nitrogens is 2. The van der Waals surface area contributed by atoms with E-state index in [1.165, 1.54) is 11.8 Å². The Hall–Kier alpha value is -3.52. The summed E-state index contributed by atoms with van der Waals surface area (Å²) in [6, 6.07) is 7.05. The molecule has 0 saturated heterocycles. The molecule has 3 N–H and O–H groups in total. The summed E-state index contributed by atoms with van der Waals surface area (Å²) in [7, 11) is 0. The van der Waals surface area contributed by atoms with Gasteiger partial charge in [-0.25, -0.2) is 0 Å². The molecule has 8 heteroatoms. The van der Waals surface area contributed by atoms with Crippen molar-refractivity contribution in [3.05, 3.63) is 64.1 Å².